The number of carbonyl (C=O) groups is 2. The van der Waals surface area contributed by atoms with Gasteiger partial charge in [-0.1, -0.05) is 17.7 Å². The van der Waals surface area contributed by atoms with Crippen LogP contribution in [0.25, 0.3) is 16.5 Å². The lowest BCUT2D eigenvalue weighted by Gasteiger charge is -2.11. The maximum absolute atomic E-state index is 13.3. The molecule has 1 aliphatic heterocycles. The molecule has 1 atom stereocenters. The monoisotopic (exact) mass is 447 g/mol. The fourth-order valence-corrected chi connectivity index (χ4v) is 4.38. The third-order valence-corrected chi connectivity index (χ3v) is 5.76. The maximum atomic E-state index is 13.3. The van der Waals surface area contributed by atoms with Gasteiger partial charge in [0.25, 0.3) is 11.5 Å². The second-order valence-corrected chi connectivity index (χ2v) is 7.93. The van der Waals surface area contributed by atoms with Gasteiger partial charge in [0, 0.05) is 22.4 Å². The molecule has 0 spiro atoms. The van der Waals surface area contributed by atoms with Gasteiger partial charge in [0.1, 0.15) is 11.1 Å². The van der Waals surface area contributed by atoms with E-state index in [2.05, 4.69) is 10.4 Å². The molecule has 8 nitrogen and oxygen atoms in total. The predicted octanol–water partition coefficient (Wildman–Crippen LogP) is 3.39. The maximum Gasteiger partial charge on any atom is 0.359 e. The highest BCUT2D eigenvalue weighted by Gasteiger charge is 2.27. The van der Waals surface area contributed by atoms with Crippen molar-refractivity contribution in [2.75, 3.05) is 18.5 Å². The quantitative estimate of drug-likeness (QED) is 0.602. The molecule has 30 heavy (non-hydrogen) atoms. The van der Waals surface area contributed by atoms with Gasteiger partial charge >= 0.3 is 5.97 Å². The number of nitrogens with zero attached hydrogens (tertiary/aromatic N) is 2. The van der Waals surface area contributed by atoms with E-state index in [1.54, 1.807) is 36.6 Å². The first-order valence-electron chi connectivity index (χ1n) is 9.39. The molecule has 3 heterocycles. The number of amides is 1. The molecule has 1 unspecified atom stereocenters. The second-order valence-electron chi connectivity index (χ2n) is 6.61. The summed E-state index contributed by atoms with van der Waals surface area (Å²) in [6, 6.07) is 6.55. The van der Waals surface area contributed by atoms with Crippen molar-refractivity contribution in [2.24, 2.45) is 0 Å². The average Bonchev–Trinajstić information content (AvgIpc) is 3.39. The topological polar surface area (TPSA) is 99.5 Å². The van der Waals surface area contributed by atoms with Crippen molar-refractivity contribution < 1.29 is 19.1 Å². The smallest absolute Gasteiger partial charge is 0.359 e. The summed E-state index contributed by atoms with van der Waals surface area (Å²) in [6.45, 7) is 2.37. The Balaban J connectivity index is 1.87. The molecule has 1 N–H and O–H groups in total. The Bertz CT molecular complexity index is 1180. The zero-order chi connectivity index (χ0) is 21.3. The number of hydrogen-bond acceptors (Lipinski definition) is 7. The lowest BCUT2D eigenvalue weighted by Crippen LogP contribution is -2.28. The molecule has 1 aromatic carbocycles. The van der Waals surface area contributed by atoms with Gasteiger partial charge in [0.05, 0.1) is 17.7 Å². The standard InChI is InChI=1S/C20H18ClN3O5S/c1-2-28-20(27)16-13-10-30-18(22-17(25)14-7-4-8-29-14)15(13)19(26)24(23-16)12-6-3-5-11(21)9-12/h3,5-6,9-10,14H,2,4,7-8H2,1H3,(H,22,25). The fourth-order valence-electron chi connectivity index (χ4n) is 3.25. The molecule has 0 radical (unpaired) electrons. The van der Waals surface area contributed by atoms with E-state index in [1.165, 1.54) is 0 Å². The summed E-state index contributed by atoms with van der Waals surface area (Å²) in [7, 11) is 0. The van der Waals surface area contributed by atoms with Crippen LogP contribution in [0.5, 0.6) is 0 Å². The number of fused-ring (bicyclic) bond motifs is 1. The summed E-state index contributed by atoms with van der Waals surface area (Å²) in [6.07, 6.45) is 0.878. The van der Waals surface area contributed by atoms with Crippen LogP contribution in [0, 0.1) is 0 Å². The minimum atomic E-state index is -0.659. The number of nitrogens with one attached hydrogen (secondary N) is 1. The third kappa shape index (κ3) is 3.83. The van der Waals surface area contributed by atoms with Gasteiger partial charge < -0.3 is 14.8 Å². The summed E-state index contributed by atoms with van der Waals surface area (Å²) in [5.41, 5.74) is -0.105. The third-order valence-electron chi connectivity index (χ3n) is 4.63. The number of anilines is 1. The van der Waals surface area contributed by atoms with Crippen LogP contribution in [0.2, 0.25) is 5.02 Å². The van der Waals surface area contributed by atoms with Crippen LogP contribution in [0.1, 0.15) is 30.3 Å². The van der Waals surface area contributed by atoms with Crippen molar-refractivity contribution >= 4 is 50.6 Å². The van der Waals surface area contributed by atoms with Gasteiger partial charge in [0.15, 0.2) is 5.69 Å². The van der Waals surface area contributed by atoms with Gasteiger partial charge in [-0.2, -0.15) is 9.78 Å². The number of benzene rings is 1. The van der Waals surface area contributed by atoms with Crippen LogP contribution in [0.3, 0.4) is 0 Å². The number of carbonyl (C=O) groups excluding carboxylic acids is 2. The molecular formula is C20H18ClN3O5S. The van der Waals surface area contributed by atoms with Crippen molar-refractivity contribution in [2.45, 2.75) is 25.9 Å². The number of thiophene rings is 1. The number of esters is 1. The van der Waals surface area contributed by atoms with Gasteiger partial charge in [-0.05, 0) is 38.0 Å². The molecule has 2 aromatic heterocycles. The van der Waals surface area contributed by atoms with Crippen molar-refractivity contribution in [3.05, 3.63) is 50.7 Å². The van der Waals surface area contributed by atoms with E-state index in [0.717, 1.165) is 22.4 Å². The van der Waals surface area contributed by atoms with Crippen LogP contribution in [-0.2, 0) is 14.3 Å². The molecule has 1 amide bonds. The number of ether oxygens (including phenoxy) is 2. The number of halogens is 1. The molecule has 0 saturated carbocycles. The highest BCUT2D eigenvalue weighted by Crippen LogP contribution is 2.31. The molecule has 0 bridgehead atoms. The Hall–Kier alpha value is -2.75. The Morgan fingerprint density at radius 1 is 1.43 bits per heavy atom. The van der Waals surface area contributed by atoms with E-state index in [1.807, 2.05) is 0 Å². The first kappa shape index (κ1) is 20.5. The van der Waals surface area contributed by atoms with Crippen molar-refractivity contribution in [1.29, 1.82) is 0 Å². The van der Waals surface area contributed by atoms with Gasteiger partial charge in [0.2, 0.25) is 0 Å². The fraction of sp³-hybridized carbons (Fsp3) is 0.300. The molecule has 10 heteroatoms. The van der Waals surface area contributed by atoms with E-state index >= 15 is 0 Å². The van der Waals surface area contributed by atoms with E-state index in [-0.39, 0.29) is 23.6 Å². The molecule has 1 saturated heterocycles. The van der Waals surface area contributed by atoms with Crippen molar-refractivity contribution in [3.63, 3.8) is 0 Å². The highest BCUT2D eigenvalue weighted by atomic mass is 35.5. The summed E-state index contributed by atoms with van der Waals surface area (Å²) < 4.78 is 11.6. The minimum Gasteiger partial charge on any atom is -0.461 e. The largest absolute Gasteiger partial charge is 0.461 e. The number of aromatic nitrogens is 2. The van der Waals surface area contributed by atoms with Crippen LogP contribution < -0.4 is 10.9 Å². The van der Waals surface area contributed by atoms with Gasteiger partial charge in [-0.25, -0.2) is 4.79 Å². The Morgan fingerprint density at radius 3 is 2.97 bits per heavy atom. The first-order chi connectivity index (χ1) is 14.5. The summed E-state index contributed by atoms with van der Waals surface area (Å²) >= 11 is 7.21. The second kappa shape index (κ2) is 8.55. The number of rotatable bonds is 5. The zero-order valence-corrected chi connectivity index (χ0v) is 17.6. The molecule has 156 valence electrons. The Kier molecular flexibility index (Phi) is 5.85. The van der Waals surface area contributed by atoms with Gasteiger partial charge in [-0.15, -0.1) is 11.3 Å². The minimum absolute atomic E-state index is 0.0136. The highest BCUT2D eigenvalue weighted by molar-refractivity contribution is 7.16. The average molecular weight is 448 g/mol. The van der Waals surface area contributed by atoms with E-state index in [0.29, 0.717) is 34.1 Å². The molecular weight excluding hydrogens is 430 g/mol. The Labute approximate surface area is 180 Å². The normalized spacial score (nSPS) is 16.0. The molecule has 1 aliphatic rings. The zero-order valence-electron chi connectivity index (χ0n) is 16.0. The number of hydrogen-bond donors (Lipinski definition) is 1. The molecule has 4 rings (SSSR count). The first-order valence-corrected chi connectivity index (χ1v) is 10.7. The van der Waals surface area contributed by atoms with Crippen molar-refractivity contribution in [1.82, 2.24) is 9.78 Å². The molecule has 1 fully saturated rings. The Morgan fingerprint density at radius 2 is 2.27 bits per heavy atom. The van der Waals surface area contributed by atoms with E-state index in [9.17, 15) is 14.4 Å². The summed E-state index contributed by atoms with van der Waals surface area (Å²) in [5.74, 6) is -0.979. The van der Waals surface area contributed by atoms with Gasteiger partial charge in [-0.3, -0.25) is 9.59 Å². The van der Waals surface area contributed by atoms with Crippen LogP contribution in [0.4, 0.5) is 5.00 Å². The van der Waals surface area contributed by atoms with Crippen molar-refractivity contribution in [3.8, 4) is 5.69 Å². The predicted molar refractivity (Wildman–Crippen MR) is 114 cm³/mol. The van der Waals surface area contributed by atoms with E-state index < -0.39 is 17.6 Å². The lowest BCUT2D eigenvalue weighted by molar-refractivity contribution is -0.124. The van der Waals surface area contributed by atoms with Crippen LogP contribution in [0.15, 0.2) is 34.4 Å². The summed E-state index contributed by atoms with van der Waals surface area (Å²) in [5, 5.41) is 9.88. The molecule has 3 aromatic rings. The SMILES string of the molecule is CCOC(=O)c1nn(-c2cccc(Cl)c2)c(=O)c2c(NC(=O)C3CCCO3)scc12. The molecule has 0 aliphatic carbocycles. The van der Waals surface area contributed by atoms with E-state index in [4.69, 9.17) is 21.1 Å². The van der Waals surface area contributed by atoms with Crippen LogP contribution in [-0.4, -0.2) is 41.0 Å². The summed E-state index contributed by atoms with van der Waals surface area (Å²) in [4.78, 5) is 38.3. The van der Waals surface area contributed by atoms with Crippen LogP contribution >= 0.6 is 22.9 Å². The lowest BCUT2D eigenvalue weighted by atomic mass is 10.2.